The minimum Gasteiger partial charge on any atom is -0.465 e. The zero-order chi connectivity index (χ0) is 19.3. The summed E-state index contributed by atoms with van der Waals surface area (Å²) < 4.78 is 5.48. The Balaban J connectivity index is 2.63. The van der Waals surface area contributed by atoms with Crippen molar-refractivity contribution in [3.63, 3.8) is 0 Å². The van der Waals surface area contributed by atoms with Crippen LogP contribution in [0.3, 0.4) is 0 Å². The maximum atomic E-state index is 12.3. The summed E-state index contributed by atoms with van der Waals surface area (Å²) in [7, 11) is 0. The Morgan fingerprint density at radius 1 is 1.28 bits per heavy atom. The van der Waals surface area contributed by atoms with Gasteiger partial charge < -0.3 is 4.74 Å². The maximum Gasteiger partial charge on any atom is 0.309 e. The molecule has 0 bridgehead atoms. The van der Waals surface area contributed by atoms with Gasteiger partial charge in [-0.25, -0.2) is 0 Å². The van der Waals surface area contributed by atoms with Gasteiger partial charge in [-0.2, -0.15) is 0 Å². The molecule has 0 N–H and O–H groups in total. The molecule has 0 fully saturated rings. The van der Waals surface area contributed by atoms with Gasteiger partial charge in [-0.15, -0.1) is 0 Å². The number of allylic oxidation sites excluding steroid dienone is 4. The minimum absolute atomic E-state index is 0.00132. The number of ether oxygens (including phenoxy) is 1. The van der Waals surface area contributed by atoms with Crippen LogP contribution < -0.4 is 0 Å². The highest BCUT2D eigenvalue weighted by Crippen LogP contribution is 2.40. The van der Waals surface area contributed by atoms with Gasteiger partial charge in [0.2, 0.25) is 0 Å². The molecule has 0 radical (unpaired) electrons. The van der Waals surface area contributed by atoms with Crippen molar-refractivity contribution >= 4 is 5.97 Å². The largest absolute Gasteiger partial charge is 0.465 e. The van der Waals surface area contributed by atoms with Crippen LogP contribution in [0.25, 0.3) is 0 Å². The molecule has 2 nitrogen and oxygen atoms in total. The molecule has 1 aliphatic carbocycles. The number of esters is 1. The van der Waals surface area contributed by atoms with E-state index < -0.39 is 0 Å². The highest BCUT2D eigenvalue weighted by molar-refractivity contribution is 5.73. The molecule has 0 aliphatic heterocycles. The summed E-state index contributed by atoms with van der Waals surface area (Å²) in [6, 6.07) is 0. The lowest BCUT2D eigenvalue weighted by molar-refractivity contribution is -0.150. The van der Waals surface area contributed by atoms with Gasteiger partial charge in [0.15, 0.2) is 0 Å². The lowest BCUT2D eigenvalue weighted by Crippen LogP contribution is -2.26. The third-order valence-electron chi connectivity index (χ3n) is 5.54. The zero-order valence-electron chi connectivity index (χ0n) is 17.9. The molecule has 1 rings (SSSR count). The molecule has 1 unspecified atom stereocenters. The second-order valence-electron chi connectivity index (χ2n) is 9.79. The van der Waals surface area contributed by atoms with Gasteiger partial charge in [0, 0.05) is 0 Å². The first-order chi connectivity index (χ1) is 11.4. The van der Waals surface area contributed by atoms with Crippen LogP contribution in [0.4, 0.5) is 0 Å². The van der Waals surface area contributed by atoms with Crippen LogP contribution in [0.15, 0.2) is 23.3 Å². The molecular formula is C23H40O2. The van der Waals surface area contributed by atoms with E-state index in [9.17, 15) is 4.79 Å². The van der Waals surface area contributed by atoms with Crippen LogP contribution >= 0.6 is 0 Å². The van der Waals surface area contributed by atoms with Gasteiger partial charge in [-0.1, -0.05) is 71.8 Å². The smallest absolute Gasteiger partial charge is 0.309 e. The second kappa shape index (κ2) is 9.05. The van der Waals surface area contributed by atoms with Crippen LogP contribution in [0.1, 0.15) is 87.5 Å². The minimum atomic E-state index is -0.00132. The summed E-state index contributed by atoms with van der Waals surface area (Å²) >= 11 is 0. The molecule has 1 atom stereocenters. The molecule has 0 aromatic carbocycles. The molecule has 1 aliphatic rings. The number of hydrogen-bond acceptors (Lipinski definition) is 2. The lowest BCUT2D eigenvalue weighted by atomic mass is 9.72. The van der Waals surface area contributed by atoms with Crippen LogP contribution in [-0.4, -0.2) is 12.6 Å². The fourth-order valence-electron chi connectivity index (χ4n) is 3.15. The number of hydrogen-bond donors (Lipinski definition) is 0. The normalized spacial score (nSPS) is 19.8. The van der Waals surface area contributed by atoms with E-state index in [1.54, 1.807) is 0 Å². The van der Waals surface area contributed by atoms with Crippen molar-refractivity contribution in [1.29, 1.82) is 0 Å². The Kier molecular flexibility index (Phi) is 7.96. The Labute approximate surface area is 156 Å². The van der Waals surface area contributed by atoms with Crippen LogP contribution in [0.5, 0.6) is 0 Å². The van der Waals surface area contributed by atoms with Gasteiger partial charge in [0.1, 0.15) is 0 Å². The second-order valence-corrected chi connectivity index (χ2v) is 9.79. The number of carbonyl (C=O) groups excluding carboxylic acids is 1. The highest BCUT2D eigenvalue weighted by Gasteiger charge is 2.31. The van der Waals surface area contributed by atoms with Crippen molar-refractivity contribution in [1.82, 2.24) is 0 Å². The van der Waals surface area contributed by atoms with Crippen molar-refractivity contribution in [3.8, 4) is 0 Å². The lowest BCUT2D eigenvalue weighted by Gasteiger charge is -2.33. The molecule has 0 aromatic rings. The Hall–Kier alpha value is -1.05. The molecule has 0 heterocycles. The molecule has 144 valence electrons. The Morgan fingerprint density at radius 2 is 1.92 bits per heavy atom. The van der Waals surface area contributed by atoms with Gasteiger partial charge in [-0.3, -0.25) is 4.79 Å². The summed E-state index contributed by atoms with van der Waals surface area (Å²) in [5.41, 5.74) is 3.29. The first kappa shape index (κ1) is 22.0. The molecule has 0 saturated heterocycles. The summed E-state index contributed by atoms with van der Waals surface area (Å²) in [5.74, 6) is 0.445. The van der Waals surface area contributed by atoms with Crippen molar-refractivity contribution in [3.05, 3.63) is 23.3 Å². The summed E-state index contributed by atoms with van der Waals surface area (Å²) in [5, 5.41) is 0. The van der Waals surface area contributed by atoms with E-state index in [2.05, 4.69) is 67.5 Å². The monoisotopic (exact) mass is 348 g/mol. The Bertz CT molecular complexity index is 501. The maximum absolute atomic E-state index is 12.3. The van der Waals surface area contributed by atoms with E-state index in [1.807, 2.05) is 0 Å². The average Bonchev–Trinajstić information content (AvgIpc) is 2.51. The van der Waals surface area contributed by atoms with Crippen molar-refractivity contribution in [2.45, 2.75) is 87.5 Å². The quantitative estimate of drug-likeness (QED) is 0.377. The third-order valence-corrected chi connectivity index (χ3v) is 5.54. The van der Waals surface area contributed by atoms with Crippen molar-refractivity contribution < 1.29 is 9.53 Å². The zero-order valence-corrected chi connectivity index (χ0v) is 17.9. The van der Waals surface area contributed by atoms with E-state index in [1.165, 1.54) is 11.1 Å². The molecule has 2 heteroatoms. The molecule has 0 amide bonds. The van der Waals surface area contributed by atoms with Crippen LogP contribution in [0, 0.1) is 22.7 Å². The van der Waals surface area contributed by atoms with Gasteiger partial charge in [0.25, 0.3) is 0 Å². The van der Waals surface area contributed by atoms with E-state index >= 15 is 0 Å². The topological polar surface area (TPSA) is 26.3 Å². The Morgan fingerprint density at radius 3 is 2.48 bits per heavy atom. The third kappa shape index (κ3) is 7.38. The standard InChI is InChI=1S/C23H40O2/c1-17(2)16-25-21(24)19-12-9-13-20(15-19)23(7,8)14-10-11-18(3)22(4,5)6/h11,13,17,19H,9-10,12,14-16H2,1-8H3. The van der Waals surface area contributed by atoms with Crippen molar-refractivity contribution in [2.24, 2.45) is 22.7 Å². The summed E-state index contributed by atoms with van der Waals surface area (Å²) in [4.78, 5) is 12.3. The van der Waals surface area contributed by atoms with E-state index in [0.717, 1.165) is 32.1 Å². The first-order valence-electron chi connectivity index (χ1n) is 9.97. The summed E-state index contributed by atoms with van der Waals surface area (Å²) in [6.45, 7) is 18.4. The molecule has 25 heavy (non-hydrogen) atoms. The van der Waals surface area contributed by atoms with Gasteiger partial charge >= 0.3 is 5.97 Å². The highest BCUT2D eigenvalue weighted by atomic mass is 16.5. The fraction of sp³-hybridized carbons (Fsp3) is 0.783. The molecule has 0 spiro atoms. The molecular weight excluding hydrogens is 308 g/mol. The average molecular weight is 349 g/mol. The van der Waals surface area contributed by atoms with Crippen LogP contribution in [0.2, 0.25) is 0 Å². The van der Waals surface area contributed by atoms with E-state index in [4.69, 9.17) is 4.74 Å². The van der Waals surface area contributed by atoms with E-state index in [0.29, 0.717) is 12.5 Å². The fourth-order valence-corrected chi connectivity index (χ4v) is 3.15. The number of rotatable bonds is 7. The van der Waals surface area contributed by atoms with E-state index in [-0.39, 0.29) is 22.7 Å². The SMILES string of the molecule is CC(=CCCC(C)(C)C1=CCCC(C(=O)OCC(C)C)C1)C(C)(C)C. The number of carbonyl (C=O) groups is 1. The van der Waals surface area contributed by atoms with Gasteiger partial charge in [0.05, 0.1) is 12.5 Å². The molecule has 0 aromatic heterocycles. The predicted molar refractivity (Wildman–Crippen MR) is 107 cm³/mol. The van der Waals surface area contributed by atoms with Crippen molar-refractivity contribution in [2.75, 3.05) is 6.61 Å². The van der Waals surface area contributed by atoms with Crippen LogP contribution in [-0.2, 0) is 9.53 Å². The summed E-state index contributed by atoms with van der Waals surface area (Å²) in [6.07, 6.45) is 9.77. The predicted octanol–water partition coefficient (Wildman–Crippen LogP) is 6.71. The first-order valence-corrected chi connectivity index (χ1v) is 9.97. The van der Waals surface area contributed by atoms with Gasteiger partial charge in [-0.05, 0) is 55.8 Å². The molecule has 0 saturated carbocycles.